The number of benzene rings is 1. The van der Waals surface area contributed by atoms with E-state index in [-0.39, 0.29) is 11.5 Å². The molecule has 0 atom stereocenters. The van der Waals surface area contributed by atoms with Gasteiger partial charge in [0.25, 0.3) is 5.91 Å². The molecular weight excluding hydrogens is 222 g/mol. The zero-order valence-corrected chi connectivity index (χ0v) is 9.51. The summed E-state index contributed by atoms with van der Waals surface area (Å²) < 4.78 is 4.64. The zero-order chi connectivity index (χ0) is 12.3. The Morgan fingerprint density at radius 2 is 2.00 bits per heavy atom. The molecular formula is C12H13NO4. The highest BCUT2D eigenvalue weighted by Crippen LogP contribution is 2.16. The Morgan fingerprint density at radius 1 is 1.29 bits per heavy atom. The minimum absolute atomic E-state index is 0.260. The summed E-state index contributed by atoms with van der Waals surface area (Å²) in [6.07, 6.45) is 0.812. The summed E-state index contributed by atoms with van der Waals surface area (Å²) >= 11 is 0. The summed E-state index contributed by atoms with van der Waals surface area (Å²) in [4.78, 5) is 28.8. The number of rotatable bonds is 2. The predicted molar refractivity (Wildman–Crippen MR) is 59.4 cm³/mol. The topological polar surface area (TPSA) is 55.8 Å². The van der Waals surface area contributed by atoms with Crippen LogP contribution in [0.5, 0.6) is 0 Å². The fraction of sp³-hybridized carbons (Fsp3) is 0.333. The second-order valence-corrected chi connectivity index (χ2v) is 3.63. The first-order chi connectivity index (χ1) is 8.24. The van der Waals surface area contributed by atoms with Crippen molar-refractivity contribution in [3.05, 3.63) is 35.4 Å². The van der Waals surface area contributed by atoms with Gasteiger partial charge in [0.05, 0.1) is 31.4 Å². The summed E-state index contributed by atoms with van der Waals surface area (Å²) in [6.45, 7) is 1.08. The molecule has 1 saturated heterocycles. The Morgan fingerprint density at radius 3 is 2.59 bits per heavy atom. The van der Waals surface area contributed by atoms with Gasteiger partial charge in [-0.3, -0.25) is 9.63 Å². The van der Waals surface area contributed by atoms with Gasteiger partial charge in [-0.15, -0.1) is 0 Å². The minimum Gasteiger partial charge on any atom is -0.465 e. The molecule has 1 amide bonds. The maximum atomic E-state index is 12.1. The van der Waals surface area contributed by atoms with Gasteiger partial charge < -0.3 is 4.74 Å². The van der Waals surface area contributed by atoms with Crippen LogP contribution in [0.15, 0.2) is 24.3 Å². The largest absolute Gasteiger partial charge is 0.465 e. The van der Waals surface area contributed by atoms with Gasteiger partial charge in [0.15, 0.2) is 0 Å². The van der Waals surface area contributed by atoms with Crippen LogP contribution in [0.1, 0.15) is 27.1 Å². The van der Waals surface area contributed by atoms with Crippen molar-refractivity contribution >= 4 is 11.9 Å². The van der Waals surface area contributed by atoms with Gasteiger partial charge in [0.2, 0.25) is 0 Å². The molecule has 2 rings (SSSR count). The van der Waals surface area contributed by atoms with Crippen LogP contribution in [0.3, 0.4) is 0 Å². The van der Waals surface area contributed by atoms with E-state index >= 15 is 0 Å². The minimum atomic E-state index is -0.520. The first kappa shape index (κ1) is 11.6. The Labute approximate surface area is 98.9 Å². The van der Waals surface area contributed by atoms with Gasteiger partial charge in [0.1, 0.15) is 0 Å². The van der Waals surface area contributed by atoms with Crippen LogP contribution in [0.2, 0.25) is 0 Å². The van der Waals surface area contributed by atoms with Crippen molar-refractivity contribution in [2.45, 2.75) is 6.42 Å². The predicted octanol–water partition coefficient (Wildman–Crippen LogP) is 1.25. The molecule has 0 unspecified atom stereocenters. The summed E-state index contributed by atoms with van der Waals surface area (Å²) in [6, 6.07) is 6.55. The molecule has 17 heavy (non-hydrogen) atoms. The van der Waals surface area contributed by atoms with Gasteiger partial charge in [-0.2, -0.15) is 0 Å². The SMILES string of the molecule is COC(=O)c1ccccc1C(=O)N1CCCO1. The maximum absolute atomic E-state index is 12.1. The van der Waals surface area contributed by atoms with E-state index in [0.717, 1.165) is 6.42 Å². The summed E-state index contributed by atoms with van der Waals surface area (Å²) in [5.74, 6) is -0.823. The molecule has 1 aliphatic rings. The number of nitrogens with zero attached hydrogens (tertiary/aromatic N) is 1. The van der Waals surface area contributed by atoms with Gasteiger partial charge in [-0.05, 0) is 18.6 Å². The van der Waals surface area contributed by atoms with Crippen LogP contribution in [0.4, 0.5) is 0 Å². The van der Waals surface area contributed by atoms with Crippen molar-refractivity contribution in [2.75, 3.05) is 20.3 Å². The lowest BCUT2D eigenvalue weighted by Gasteiger charge is -2.15. The van der Waals surface area contributed by atoms with E-state index in [1.54, 1.807) is 24.3 Å². The van der Waals surface area contributed by atoms with E-state index in [2.05, 4.69) is 4.74 Å². The second-order valence-electron chi connectivity index (χ2n) is 3.63. The lowest BCUT2D eigenvalue weighted by molar-refractivity contribution is -0.0769. The number of ether oxygens (including phenoxy) is 1. The average Bonchev–Trinajstić information content (AvgIpc) is 2.91. The number of carbonyl (C=O) groups is 2. The van der Waals surface area contributed by atoms with E-state index in [1.165, 1.54) is 12.2 Å². The standard InChI is InChI=1S/C12H13NO4/c1-16-12(15)10-6-3-2-5-9(10)11(14)13-7-4-8-17-13/h2-3,5-6H,4,7-8H2,1H3. The quantitative estimate of drug-likeness (QED) is 0.724. The van der Waals surface area contributed by atoms with Crippen LogP contribution in [-0.2, 0) is 9.57 Å². The molecule has 1 aliphatic heterocycles. The van der Waals surface area contributed by atoms with Crippen LogP contribution in [0, 0.1) is 0 Å². The van der Waals surface area contributed by atoms with E-state index in [1.807, 2.05) is 0 Å². The molecule has 0 aliphatic carbocycles. The highest BCUT2D eigenvalue weighted by molar-refractivity contribution is 6.05. The van der Waals surface area contributed by atoms with Crippen molar-refractivity contribution in [3.8, 4) is 0 Å². The molecule has 5 heteroatoms. The number of amides is 1. The molecule has 0 radical (unpaired) electrons. The first-order valence-corrected chi connectivity index (χ1v) is 5.36. The van der Waals surface area contributed by atoms with E-state index in [9.17, 15) is 9.59 Å². The molecule has 1 fully saturated rings. The second kappa shape index (κ2) is 4.97. The lowest BCUT2D eigenvalue weighted by atomic mass is 10.1. The Kier molecular flexibility index (Phi) is 3.39. The van der Waals surface area contributed by atoms with Gasteiger partial charge in [-0.1, -0.05) is 12.1 Å². The molecule has 90 valence electrons. The number of methoxy groups -OCH3 is 1. The van der Waals surface area contributed by atoms with Crippen molar-refractivity contribution in [1.82, 2.24) is 5.06 Å². The van der Waals surface area contributed by atoms with Gasteiger partial charge in [0, 0.05) is 0 Å². The van der Waals surface area contributed by atoms with E-state index < -0.39 is 5.97 Å². The molecule has 5 nitrogen and oxygen atoms in total. The normalized spacial score (nSPS) is 14.8. The van der Waals surface area contributed by atoms with Crippen LogP contribution in [-0.4, -0.2) is 37.2 Å². The smallest absolute Gasteiger partial charge is 0.338 e. The third kappa shape index (κ3) is 2.29. The average molecular weight is 235 g/mol. The molecule has 1 aromatic rings. The fourth-order valence-electron chi connectivity index (χ4n) is 1.70. The number of hydrogen-bond acceptors (Lipinski definition) is 4. The van der Waals surface area contributed by atoms with Crippen molar-refractivity contribution < 1.29 is 19.2 Å². The molecule has 0 N–H and O–H groups in total. The Bertz CT molecular complexity index is 438. The molecule has 0 spiro atoms. The van der Waals surface area contributed by atoms with Crippen molar-refractivity contribution in [3.63, 3.8) is 0 Å². The third-order valence-corrected chi connectivity index (χ3v) is 2.54. The van der Waals surface area contributed by atoms with Gasteiger partial charge in [-0.25, -0.2) is 9.86 Å². The first-order valence-electron chi connectivity index (χ1n) is 5.36. The number of hydrogen-bond donors (Lipinski definition) is 0. The number of carbonyl (C=O) groups excluding carboxylic acids is 2. The molecule has 0 bridgehead atoms. The molecule has 1 heterocycles. The fourth-order valence-corrected chi connectivity index (χ4v) is 1.70. The monoisotopic (exact) mass is 235 g/mol. The van der Waals surface area contributed by atoms with Crippen LogP contribution in [0.25, 0.3) is 0 Å². The van der Waals surface area contributed by atoms with E-state index in [0.29, 0.717) is 18.7 Å². The molecule has 0 saturated carbocycles. The number of hydroxylamine groups is 2. The molecule has 0 aromatic heterocycles. The van der Waals surface area contributed by atoms with Gasteiger partial charge >= 0.3 is 5.97 Å². The maximum Gasteiger partial charge on any atom is 0.338 e. The van der Waals surface area contributed by atoms with Crippen molar-refractivity contribution in [1.29, 1.82) is 0 Å². The Hall–Kier alpha value is -1.88. The van der Waals surface area contributed by atoms with Crippen LogP contribution < -0.4 is 0 Å². The molecule has 1 aromatic carbocycles. The summed E-state index contributed by atoms with van der Waals surface area (Å²) in [5.41, 5.74) is 0.566. The van der Waals surface area contributed by atoms with Crippen molar-refractivity contribution in [2.24, 2.45) is 0 Å². The summed E-state index contributed by atoms with van der Waals surface area (Å²) in [7, 11) is 1.29. The summed E-state index contributed by atoms with van der Waals surface area (Å²) in [5, 5.41) is 1.28. The highest BCUT2D eigenvalue weighted by atomic mass is 16.7. The van der Waals surface area contributed by atoms with Crippen LogP contribution >= 0.6 is 0 Å². The highest BCUT2D eigenvalue weighted by Gasteiger charge is 2.25. The van der Waals surface area contributed by atoms with E-state index in [4.69, 9.17) is 4.84 Å². The lowest BCUT2D eigenvalue weighted by Crippen LogP contribution is -2.28. The zero-order valence-electron chi connectivity index (χ0n) is 9.51. The third-order valence-electron chi connectivity index (χ3n) is 2.54. The number of esters is 1. The Balaban J connectivity index is 2.30.